The number of carbonyl (C=O) groups is 1. The molecule has 2 aromatic rings. The van der Waals surface area contributed by atoms with E-state index in [4.69, 9.17) is 0 Å². The van der Waals surface area contributed by atoms with Crippen molar-refractivity contribution in [3.63, 3.8) is 0 Å². The molecule has 1 aromatic heterocycles. The van der Waals surface area contributed by atoms with Gasteiger partial charge in [-0.1, -0.05) is 30.3 Å². The fourth-order valence-corrected chi connectivity index (χ4v) is 3.96. The van der Waals surface area contributed by atoms with Gasteiger partial charge >= 0.3 is 0 Å². The van der Waals surface area contributed by atoms with E-state index in [1.54, 1.807) is 6.20 Å². The monoisotopic (exact) mass is 352 g/mol. The molecule has 0 bridgehead atoms. The Bertz CT molecular complexity index is 709. The number of rotatable bonds is 7. The topological polar surface area (TPSA) is 50.2 Å². The summed E-state index contributed by atoms with van der Waals surface area (Å²) < 4.78 is 1.89. The second-order valence-corrected chi connectivity index (χ2v) is 7.83. The van der Waals surface area contributed by atoms with Crippen LogP contribution in [-0.2, 0) is 17.8 Å². The summed E-state index contributed by atoms with van der Waals surface area (Å²) in [6, 6.07) is 12.8. The third kappa shape index (κ3) is 4.15. The first-order chi connectivity index (χ1) is 12.7. The second kappa shape index (κ2) is 7.62. The van der Waals surface area contributed by atoms with Crippen LogP contribution in [0.5, 0.6) is 0 Å². The normalized spacial score (nSPS) is 22.1. The number of nitrogens with one attached hydrogen (secondary N) is 1. The van der Waals surface area contributed by atoms with Crippen molar-refractivity contribution in [1.29, 1.82) is 0 Å². The maximum Gasteiger partial charge on any atom is 0.228 e. The van der Waals surface area contributed by atoms with E-state index < -0.39 is 0 Å². The summed E-state index contributed by atoms with van der Waals surface area (Å²) in [5.74, 6) is 0.225. The van der Waals surface area contributed by atoms with E-state index in [1.165, 1.54) is 5.56 Å². The van der Waals surface area contributed by atoms with E-state index in [2.05, 4.69) is 45.6 Å². The molecular formula is C21H28N4O. The van der Waals surface area contributed by atoms with Gasteiger partial charge in [-0.15, -0.1) is 0 Å². The molecule has 1 aliphatic carbocycles. The van der Waals surface area contributed by atoms with Crippen LogP contribution in [0.3, 0.4) is 0 Å². The van der Waals surface area contributed by atoms with Crippen LogP contribution < -0.4 is 5.32 Å². The standard InChI is InChI=1S/C21H28N4O/c26-20(21(10-11-21)17-25-14-5-12-22-25)23-19-8-4-13-24(16-19)15-9-18-6-2-1-3-7-18/h1-3,5-7,12,14,19H,4,8-11,13,15-17H2,(H,23,26)/t19-/m1/s1. The number of likely N-dealkylation sites (tertiary alicyclic amines) is 1. The highest BCUT2D eigenvalue weighted by Crippen LogP contribution is 2.47. The van der Waals surface area contributed by atoms with E-state index in [1.807, 2.05) is 16.9 Å². The summed E-state index contributed by atoms with van der Waals surface area (Å²) in [6.45, 7) is 3.87. The molecule has 0 unspecified atom stereocenters. The highest BCUT2D eigenvalue weighted by Gasteiger charge is 2.50. The highest BCUT2D eigenvalue weighted by molar-refractivity contribution is 5.85. The molecule has 26 heavy (non-hydrogen) atoms. The first-order valence-corrected chi connectivity index (χ1v) is 9.78. The number of piperidine rings is 1. The van der Waals surface area contributed by atoms with Crippen LogP contribution in [0.25, 0.3) is 0 Å². The first kappa shape index (κ1) is 17.3. The van der Waals surface area contributed by atoms with Gasteiger partial charge in [0.05, 0.1) is 12.0 Å². The van der Waals surface area contributed by atoms with Gasteiger partial charge in [-0.3, -0.25) is 9.48 Å². The molecule has 1 saturated heterocycles. The van der Waals surface area contributed by atoms with Crippen LogP contribution in [0.4, 0.5) is 0 Å². The molecule has 1 N–H and O–H groups in total. The first-order valence-electron chi connectivity index (χ1n) is 9.78. The minimum atomic E-state index is -0.224. The van der Waals surface area contributed by atoms with Gasteiger partial charge in [0, 0.05) is 31.5 Å². The Balaban J connectivity index is 1.27. The van der Waals surface area contributed by atoms with Gasteiger partial charge in [0.1, 0.15) is 0 Å². The molecule has 1 aliphatic heterocycles. The van der Waals surface area contributed by atoms with Crippen LogP contribution in [0.2, 0.25) is 0 Å². The summed E-state index contributed by atoms with van der Waals surface area (Å²) in [4.78, 5) is 15.3. The Hall–Kier alpha value is -2.14. The Morgan fingerprint density at radius 1 is 1.23 bits per heavy atom. The number of aromatic nitrogens is 2. The summed E-state index contributed by atoms with van der Waals surface area (Å²) in [6.07, 6.45) is 8.99. The van der Waals surface area contributed by atoms with Crippen molar-refractivity contribution in [3.8, 4) is 0 Å². The summed E-state index contributed by atoms with van der Waals surface area (Å²) >= 11 is 0. The van der Waals surface area contributed by atoms with Gasteiger partial charge in [0.2, 0.25) is 5.91 Å². The lowest BCUT2D eigenvalue weighted by molar-refractivity contribution is -0.128. The molecular weight excluding hydrogens is 324 g/mol. The van der Waals surface area contributed by atoms with Gasteiger partial charge in [0.15, 0.2) is 0 Å². The van der Waals surface area contributed by atoms with Crippen molar-refractivity contribution in [1.82, 2.24) is 20.0 Å². The Labute approximate surface area is 155 Å². The Kier molecular flexibility index (Phi) is 5.07. The van der Waals surface area contributed by atoms with E-state index in [0.717, 1.165) is 51.7 Å². The molecule has 0 spiro atoms. The van der Waals surface area contributed by atoms with Crippen molar-refractivity contribution in [2.24, 2.45) is 5.41 Å². The van der Waals surface area contributed by atoms with E-state index in [9.17, 15) is 4.79 Å². The van der Waals surface area contributed by atoms with Crippen LogP contribution in [0.1, 0.15) is 31.2 Å². The summed E-state index contributed by atoms with van der Waals surface area (Å²) in [7, 11) is 0. The molecule has 5 heteroatoms. The molecule has 0 radical (unpaired) electrons. The summed E-state index contributed by atoms with van der Waals surface area (Å²) in [5.41, 5.74) is 1.16. The van der Waals surface area contributed by atoms with Crippen LogP contribution in [0, 0.1) is 5.41 Å². The maximum absolute atomic E-state index is 12.8. The van der Waals surface area contributed by atoms with Crippen LogP contribution >= 0.6 is 0 Å². The number of nitrogens with zero attached hydrogens (tertiary/aromatic N) is 3. The van der Waals surface area contributed by atoms with E-state index >= 15 is 0 Å². The van der Waals surface area contributed by atoms with Crippen molar-refractivity contribution < 1.29 is 4.79 Å². The Morgan fingerprint density at radius 2 is 2.08 bits per heavy atom. The predicted octanol–water partition coefficient (Wildman–Crippen LogP) is 2.49. The fourth-order valence-electron chi connectivity index (χ4n) is 3.96. The molecule has 1 saturated carbocycles. The SMILES string of the molecule is O=C(N[C@@H]1CCCN(CCc2ccccc2)C1)C1(Cn2cccn2)CC1. The highest BCUT2D eigenvalue weighted by atomic mass is 16.2. The van der Waals surface area contributed by atoms with Crippen molar-refractivity contribution in [2.45, 2.75) is 44.7 Å². The minimum absolute atomic E-state index is 0.224. The molecule has 1 atom stereocenters. The second-order valence-electron chi connectivity index (χ2n) is 7.83. The van der Waals surface area contributed by atoms with Crippen molar-refractivity contribution >= 4 is 5.91 Å². The average Bonchev–Trinajstić information content (AvgIpc) is 3.27. The molecule has 1 amide bonds. The molecule has 1 aromatic carbocycles. The quantitative estimate of drug-likeness (QED) is 0.833. The third-order valence-electron chi connectivity index (χ3n) is 5.76. The zero-order chi connectivity index (χ0) is 17.8. The van der Waals surface area contributed by atoms with Gasteiger partial charge in [-0.05, 0) is 50.3 Å². The zero-order valence-electron chi connectivity index (χ0n) is 15.3. The molecule has 4 rings (SSSR count). The van der Waals surface area contributed by atoms with Gasteiger partial charge in [-0.25, -0.2) is 0 Å². The predicted molar refractivity (Wildman–Crippen MR) is 102 cm³/mol. The Morgan fingerprint density at radius 3 is 2.81 bits per heavy atom. The number of hydrogen-bond acceptors (Lipinski definition) is 3. The van der Waals surface area contributed by atoms with Gasteiger partial charge in [0.25, 0.3) is 0 Å². The van der Waals surface area contributed by atoms with Crippen molar-refractivity contribution in [3.05, 3.63) is 54.4 Å². The average molecular weight is 352 g/mol. The van der Waals surface area contributed by atoms with E-state index in [-0.39, 0.29) is 17.4 Å². The number of carbonyl (C=O) groups excluding carboxylic acids is 1. The van der Waals surface area contributed by atoms with Crippen LogP contribution in [-0.4, -0.2) is 46.3 Å². The maximum atomic E-state index is 12.8. The zero-order valence-corrected chi connectivity index (χ0v) is 15.3. The molecule has 2 fully saturated rings. The van der Waals surface area contributed by atoms with Gasteiger partial charge in [-0.2, -0.15) is 5.10 Å². The minimum Gasteiger partial charge on any atom is -0.352 e. The number of hydrogen-bond donors (Lipinski definition) is 1. The lowest BCUT2D eigenvalue weighted by atomic mass is 10.0. The van der Waals surface area contributed by atoms with Crippen molar-refractivity contribution in [2.75, 3.05) is 19.6 Å². The lowest BCUT2D eigenvalue weighted by Crippen LogP contribution is -2.50. The fraction of sp³-hybridized carbons (Fsp3) is 0.524. The third-order valence-corrected chi connectivity index (χ3v) is 5.76. The lowest BCUT2D eigenvalue weighted by Gasteiger charge is -2.34. The van der Waals surface area contributed by atoms with E-state index in [0.29, 0.717) is 6.54 Å². The molecule has 2 aliphatic rings. The number of benzene rings is 1. The summed E-state index contributed by atoms with van der Waals surface area (Å²) in [5, 5.41) is 7.60. The largest absolute Gasteiger partial charge is 0.352 e. The smallest absolute Gasteiger partial charge is 0.228 e. The van der Waals surface area contributed by atoms with Gasteiger partial charge < -0.3 is 10.2 Å². The molecule has 2 heterocycles. The number of amides is 1. The molecule has 138 valence electrons. The van der Waals surface area contributed by atoms with Crippen LogP contribution in [0.15, 0.2) is 48.8 Å². The molecule has 5 nitrogen and oxygen atoms in total.